The lowest BCUT2D eigenvalue weighted by Crippen LogP contribution is -2.34. The molecule has 110 valence electrons. The molecule has 0 atom stereocenters. The Balaban J connectivity index is 2.88. The maximum absolute atomic E-state index is 11.8. The summed E-state index contributed by atoms with van der Waals surface area (Å²) in [5, 5.41) is 8.11. The Morgan fingerprint density at radius 2 is 2.00 bits per heavy atom. The van der Waals surface area contributed by atoms with Gasteiger partial charge in [-0.15, -0.1) is 10.2 Å². The van der Waals surface area contributed by atoms with Crippen LogP contribution in [-0.2, 0) is 0 Å². The number of carbonyl (C=O) groups is 1. The molecule has 0 radical (unpaired) electrons. The number of rotatable bonds is 6. The van der Waals surface area contributed by atoms with Crippen molar-refractivity contribution in [1.82, 2.24) is 15.1 Å². The molecule has 6 nitrogen and oxygen atoms in total. The molecule has 1 aromatic heterocycles. The van der Waals surface area contributed by atoms with Crippen molar-refractivity contribution in [3.8, 4) is 0 Å². The molecule has 1 rings (SSSR count). The van der Waals surface area contributed by atoms with Gasteiger partial charge in [0.1, 0.15) is 0 Å². The standard InChI is InChI=1S/C13H21N5OS/c1-9(2)18(8-7-11(14)20)12-6-5-10(15-16-12)13(19)17(3)4/h5-6,9H,7-8H2,1-4H3,(H2,14,20). The molecule has 1 heterocycles. The Bertz CT molecular complexity index is 472. The highest BCUT2D eigenvalue weighted by Crippen LogP contribution is 2.14. The van der Waals surface area contributed by atoms with Gasteiger partial charge in [-0.05, 0) is 26.0 Å². The summed E-state index contributed by atoms with van der Waals surface area (Å²) in [6.07, 6.45) is 0.619. The van der Waals surface area contributed by atoms with Gasteiger partial charge in [-0.3, -0.25) is 4.79 Å². The lowest BCUT2D eigenvalue weighted by Gasteiger charge is -2.27. The summed E-state index contributed by atoms with van der Waals surface area (Å²) in [5.41, 5.74) is 5.87. The van der Waals surface area contributed by atoms with Crippen molar-refractivity contribution in [2.75, 3.05) is 25.5 Å². The zero-order chi connectivity index (χ0) is 15.3. The third-order valence-electron chi connectivity index (χ3n) is 2.79. The van der Waals surface area contributed by atoms with Crippen LogP contribution in [0.15, 0.2) is 12.1 Å². The average molecular weight is 295 g/mol. The summed E-state index contributed by atoms with van der Waals surface area (Å²) in [4.78, 5) is 15.7. The summed E-state index contributed by atoms with van der Waals surface area (Å²) in [5.74, 6) is 0.551. The van der Waals surface area contributed by atoms with Gasteiger partial charge in [0.25, 0.3) is 5.91 Å². The number of nitrogens with zero attached hydrogens (tertiary/aromatic N) is 4. The maximum atomic E-state index is 11.8. The van der Waals surface area contributed by atoms with Crippen LogP contribution in [0.3, 0.4) is 0 Å². The fourth-order valence-corrected chi connectivity index (χ4v) is 1.78. The monoisotopic (exact) mass is 295 g/mol. The number of carbonyl (C=O) groups excluding carboxylic acids is 1. The first-order valence-corrected chi connectivity index (χ1v) is 6.84. The van der Waals surface area contributed by atoms with Crippen molar-refractivity contribution in [2.45, 2.75) is 26.3 Å². The molecule has 0 fully saturated rings. The van der Waals surface area contributed by atoms with Crippen LogP contribution in [0.25, 0.3) is 0 Å². The number of nitrogens with two attached hydrogens (primary N) is 1. The second-order valence-electron chi connectivity index (χ2n) is 4.98. The molecule has 0 spiro atoms. The fourth-order valence-electron chi connectivity index (χ4n) is 1.69. The Kier molecular flexibility index (Phi) is 5.82. The molecule has 20 heavy (non-hydrogen) atoms. The highest BCUT2D eigenvalue weighted by molar-refractivity contribution is 7.80. The number of anilines is 1. The van der Waals surface area contributed by atoms with Crippen molar-refractivity contribution in [2.24, 2.45) is 5.73 Å². The van der Waals surface area contributed by atoms with Crippen molar-refractivity contribution in [3.05, 3.63) is 17.8 Å². The zero-order valence-corrected chi connectivity index (χ0v) is 13.1. The van der Waals surface area contributed by atoms with E-state index < -0.39 is 0 Å². The molecule has 0 saturated heterocycles. The largest absolute Gasteiger partial charge is 0.393 e. The van der Waals surface area contributed by atoms with Gasteiger partial charge in [-0.1, -0.05) is 12.2 Å². The molecule has 2 N–H and O–H groups in total. The van der Waals surface area contributed by atoms with E-state index in [1.807, 2.05) is 0 Å². The summed E-state index contributed by atoms with van der Waals surface area (Å²) in [7, 11) is 3.36. The van der Waals surface area contributed by atoms with Crippen LogP contribution >= 0.6 is 12.2 Å². The first-order valence-electron chi connectivity index (χ1n) is 6.43. The van der Waals surface area contributed by atoms with Crippen LogP contribution in [0, 0.1) is 0 Å². The van der Waals surface area contributed by atoms with Gasteiger partial charge in [0, 0.05) is 33.1 Å². The van der Waals surface area contributed by atoms with Crippen molar-refractivity contribution in [1.29, 1.82) is 0 Å². The molecule has 0 aliphatic carbocycles. The van der Waals surface area contributed by atoms with Gasteiger partial charge in [0.15, 0.2) is 11.5 Å². The third-order valence-corrected chi connectivity index (χ3v) is 3.00. The third kappa shape index (κ3) is 4.41. The predicted molar refractivity (Wildman–Crippen MR) is 83.9 cm³/mol. The van der Waals surface area contributed by atoms with E-state index in [1.165, 1.54) is 4.90 Å². The van der Waals surface area contributed by atoms with Crippen LogP contribution in [0.1, 0.15) is 30.8 Å². The summed E-state index contributed by atoms with van der Waals surface area (Å²) in [6.45, 7) is 4.79. The molecule has 0 aromatic carbocycles. The van der Waals surface area contributed by atoms with Crippen molar-refractivity contribution >= 4 is 28.9 Å². The quantitative estimate of drug-likeness (QED) is 0.791. The lowest BCUT2D eigenvalue weighted by atomic mass is 10.2. The molecule has 0 saturated carbocycles. The van der Waals surface area contributed by atoms with Crippen LogP contribution in [0.4, 0.5) is 5.82 Å². The predicted octanol–water partition coefficient (Wildman–Crippen LogP) is 1.07. The van der Waals surface area contributed by atoms with E-state index in [9.17, 15) is 4.79 Å². The highest BCUT2D eigenvalue weighted by Gasteiger charge is 2.15. The molecule has 0 aliphatic rings. The molecule has 7 heteroatoms. The Hall–Kier alpha value is -1.76. The van der Waals surface area contributed by atoms with Gasteiger partial charge >= 0.3 is 0 Å². The average Bonchev–Trinajstić information content (AvgIpc) is 2.38. The minimum atomic E-state index is -0.164. The minimum Gasteiger partial charge on any atom is -0.393 e. The van der Waals surface area contributed by atoms with Gasteiger partial charge in [-0.2, -0.15) is 0 Å². The summed E-state index contributed by atoms with van der Waals surface area (Å²) < 4.78 is 0. The molecule has 0 bridgehead atoms. The Morgan fingerprint density at radius 1 is 1.35 bits per heavy atom. The number of amides is 1. The van der Waals surface area contributed by atoms with Gasteiger partial charge in [0.05, 0.1) is 4.99 Å². The number of hydrogen-bond acceptors (Lipinski definition) is 5. The van der Waals surface area contributed by atoms with Crippen LogP contribution in [0.5, 0.6) is 0 Å². The minimum absolute atomic E-state index is 0.164. The van der Waals surface area contributed by atoms with Gasteiger partial charge in [0.2, 0.25) is 0 Å². The SMILES string of the molecule is CC(C)N(CCC(N)=S)c1ccc(C(=O)N(C)C)nn1. The second kappa shape index (κ2) is 7.14. The van der Waals surface area contributed by atoms with Crippen molar-refractivity contribution in [3.63, 3.8) is 0 Å². The zero-order valence-electron chi connectivity index (χ0n) is 12.3. The summed E-state index contributed by atoms with van der Waals surface area (Å²) in [6, 6.07) is 3.72. The first-order chi connectivity index (χ1) is 9.32. The topological polar surface area (TPSA) is 75.3 Å². The van der Waals surface area contributed by atoms with Crippen LogP contribution < -0.4 is 10.6 Å². The molecule has 0 unspecified atom stereocenters. The van der Waals surface area contributed by atoms with E-state index in [-0.39, 0.29) is 11.9 Å². The number of thiocarbonyl (C=S) groups is 1. The molecular formula is C13H21N5OS. The maximum Gasteiger partial charge on any atom is 0.273 e. The first kappa shape index (κ1) is 16.3. The number of hydrogen-bond donors (Lipinski definition) is 1. The highest BCUT2D eigenvalue weighted by atomic mass is 32.1. The van der Waals surface area contributed by atoms with Crippen LogP contribution in [0.2, 0.25) is 0 Å². The lowest BCUT2D eigenvalue weighted by molar-refractivity contribution is 0.0821. The van der Waals surface area contributed by atoms with E-state index in [1.54, 1.807) is 26.2 Å². The summed E-state index contributed by atoms with van der Waals surface area (Å²) >= 11 is 4.90. The second-order valence-corrected chi connectivity index (χ2v) is 5.50. The Morgan fingerprint density at radius 3 is 2.40 bits per heavy atom. The van der Waals surface area contributed by atoms with Gasteiger partial charge in [-0.25, -0.2) is 0 Å². The van der Waals surface area contributed by atoms with Crippen molar-refractivity contribution < 1.29 is 4.79 Å². The smallest absolute Gasteiger partial charge is 0.273 e. The Labute approximate surface area is 125 Å². The molecule has 1 amide bonds. The fraction of sp³-hybridized carbons (Fsp3) is 0.538. The normalized spacial score (nSPS) is 10.4. The molecule has 0 aliphatic heterocycles. The molecular weight excluding hydrogens is 274 g/mol. The van der Waals surface area contributed by atoms with E-state index in [0.717, 1.165) is 0 Å². The van der Waals surface area contributed by atoms with E-state index in [0.29, 0.717) is 29.5 Å². The van der Waals surface area contributed by atoms with E-state index in [4.69, 9.17) is 18.0 Å². The number of aromatic nitrogens is 2. The molecule has 1 aromatic rings. The van der Waals surface area contributed by atoms with Gasteiger partial charge < -0.3 is 15.5 Å². The van der Waals surface area contributed by atoms with Crippen LogP contribution in [-0.4, -0.2) is 52.7 Å². The van der Waals surface area contributed by atoms with E-state index in [2.05, 4.69) is 28.9 Å². The van der Waals surface area contributed by atoms with E-state index >= 15 is 0 Å².